The van der Waals surface area contributed by atoms with Gasteiger partial charge in [-0.05, 0) is 24.6 Å². The zero-order chi connectivity index (χ0) is 18.6. The number of hydrogen-bond acceptors (Lipinski definition) is 7. The van der Waals surface area contributed by atoms with Gasteiger partial charge in [0.1, 0.15) is 17.9 Å². The summed E-state index contributed by atoms with van der Waals surface area (Å²) in [5.74, 6) is 2.35. The number of rotatable bonds is 6. The quantitative estimate of drug-likeness (QED) is 0.712. The van der Waals surface area contributed by atoms with Gasteiger partial charge in [0.15, 0.2) is 0 Å². The van der Waals surface area contributed by atoms with Gasteiger partial charge in [-0.25, -0.2) is 4.98 Å². The average molecular weight is 368 g/mol. The van der Waals surface area contributed by atoms with Gasteiger partial charge in [-0.1, -0.05) is 12.1 Å². The van der Waals surface area contributed by atoms with Gasteiger partial charge in [0.2, 0.25) is 0 Å². The van der Waals surface area contributed by atoms with Crippen LogP contribution < -0.4 is 10.1 Å². The van der Waals surface area contributed by atoms with Crippen LogP contribution in [0.15, 0.2) is 36.7 Å². The van der Waals surface area contributed by atoms with E-state index in [1.165, 1.54) is 11.9 Å². The van der Waals surface area contributed by atoms with Crippen molar-refractivity contribution < 1.29 is 9.47 Å². The minimum absolute atomic E-state index is 0.215. The predicted octanol–water partition coefficient (Wildman–Crippen LogP) is 1.93. The number of morpholine rings is 1. The SMILES string of the molecule is COc1ccc([C@@H](CNc2cc(C)nc3ncnn23)N2CCOCC2)cc1. The van der Waals surface area contributed by atoms with E-state index in [-0.39, 0.29) is 6.04 Å². The third kappa shape index (κ3) is 3.86. The van der Waals surface area contributed by atoms with Gasteiger partial charge in [-0.3, -0.25) is 4.90 Å². The van der Waals surface area contributed by atoms with Crippen molar-refractivity contribution in [1.29, 1.82) is 0 Å². The lowest BCUT2D eigenvalue weighted by Gasteiger charge is -2.35. The minimum atomic E-state index is 0.215. The second-order valence-corrected chi connectivity index (χ2v) is 6.57. The molecule has 1 atom stereocenters. The Labute approximate surface area is 158 Å². The molecule has 142 valence electrons. The molecule has 0 saturated carbocycles. The van der Waals surface area contributed by atoms with E-state index in [1.807, 2.05) is 25.1 Å². The van der Waals surface area contributed by atoms with Crippen LogP contribution in [0.4, 0.5) is 5.82 Å². The number of methoxy groups -OCH3 is 1. The molecular weight excluding hydrogens is 344 g/mol. The van der Waals surface area contributed by atoms with Gasteiger partial charge in [-0.2, -0.15) is 14.6 Å². The van der Waals surface area contributed by atoms with Gasteiger partial charge >= 0.3 is 0 Å². The van der Waals surface area contributed by atoms with Crippen molar-refractivity contribution in [1.82, 2.24) is 24.5 Å². The van der Waals surface area contributed by atoms with E-state index >= 15 is 0 Å². The zero-order valence-electron chi connectivity index (χ0n) is 15.6. The third-order valence-electron chi connectivity index (χ3n) is 4.84. The fourth-order valence-electron chi connectivity index (χ4n) is 3.43. The summed E-state index contributed by atoms with van der Waals surface area (Å²) >= 11 is 0. The van der Waals surface area contributed by atoms with Gasteiger partial charge < -0.3 is 14.8 Å². The summed E-state index contributed by atoms with van der Waals surface area (Å²) in [6, 6.07) is 10.5. The molecule has 3 aromatic rings. The van der Waals surface area contributed by atoms with Gasteiger partial charge in [0.05, 0.1) is 26.4 Å². The number of benzene rings is 1. The molecule has 1 N–H and O–H groups in total. The van der Waals surface area contributed by atoms with Crippen LogP contribution in [0, 0.1) is 6.92 Å². The maximum atomic E-state index is 5.54. The predicted molar refractivity (Wildman–Crippen MR) is 102 cm³/mol. The Morgan fingerprint density at radius 2 is 2.00 bits per heavy atom. The summed E-state index contributed by atoms with van der Waals surface area (Å²) in [6.07, 6.45) is 1.52. The third-order valence-corrected chi connectivity index (χ3v) is 4.84. The van der Waals surface area contributed by atoms with E-state index in [9.17, 15) is 0 Å². The summed E-state index contributed by atoms with van der Waals surface area (Å²) in [5, 5.41) is 7.82. The highest BCUT2D eigenvalue weighted by Gasteiger charge is 2.23. The lowest BCUT2D eigenvalue weighted by Crippen LogP contribution is -2.41. The molecule has 0 spiro atoms. The smallest absolute Gasteiger partial charge is 0.254 e. The molecule has 0 unspecified atom stereocenters. The molecule has 1 aliphatic rings. The van der Waals surface area contributed by atoms with E-state index in [0.717, 1.165) is 50.1 Å². The molecule has 1 fully saturated rings. The topological polar surface area (TPSA) is 76.8 Å². The largest absolute Gasteiger partial charge is 0.497 e. The second-order valence-electron chi connectivity index (χ2n) is 6.57. The molecule has 1 aromatic carbocycles. The first kappa shape index (κ1) is 17.7. The molecule has 27 heavy (non-hydrogen) atoms. The number of hydrogen-bond donors (Lipinski definition) is 1. The Hall–Kier alpha value is -2.71. The number of anilines is 1. The summed E-state index contributed by atoms with van der Waals surface area (Å²) in [7, 11) is 1.69. The highest BCUT2D eigenvalue weighted by atomic mass is 16.5. The number of nitrogens with one attached hydrogen (secondary N) is 1. The Bertz CT molecular complexity index is 889. The van der Waals surface area contributed by atoms with Crippen LogP contribution in [0.3, 0.4) is 0 Å². The molecule has 0 aliphatic carbocycles. The molecule has 2 aromatic heterocycles. The first-order valence-corrected chi connectivity index (χ1v) is 9.11. The highest BCUT2D eigenvalue weighted by molar-refractivity contribution is 5.45. The van der Waals surface area contributed by atoms with E-state index in [1.54, 1.807) is 11.6 Å². The molecule has 4 rings (SSSR count). The Morgan fingerprint density at radius 3 is 2.74 bits per heavy atom. The maximum Gasteiger partial charge on any atom is 0.254 e. The monoisotopic (exact) mass is 368 g/mol. The fourth-order valence-corrected chi connectivity index (χ4v) is 3.43. The molecule has 3 heterocycles. The molecule has 8 heteroatoms. The van der Waals surface area contributed by atoms with E-state index in [2.05, 4.69) is 37.4 Å². The molecule has 8 nitrogen and oxygen atoms in total. The van der Waals surface area contributed by atoms with Crippen molar-refractivity contribution in [3.8, 4) is 5.75 Å². The van der Waals surface area contributed by atoms with Crippen molar-refractivity contribution in [2.24, 2.45) is 0 Å². The average Bonchev–Trinajstić information content (AvgIpc) is 3.18. The Kier molecular flexibility index (Phi) is 5.17. The summed E-state index contributed by atoms with van der Waals surface area (Å²) < 4.78 is 12.6. The first-order chi connectivity index (χ1) is 13.2. The molecule has 0 bridgehead atoms. The molecule has 1 aliphatic heterocycles. The standard InChI is InChI=1S/C19H24N6O2/c1-14-11-18(25-19(23-14)21-13-22-25)20-12-17(24-7-9-27-10-8-24)15-3-5-16(26-2)6-4-15/h3-6,11,13,17,20H,7-10,12H2,1-2H3/t17-/m1/s1. The second kappa shape index (κ2) is 7.89. The Morgan fingerprint density at radius 1 is 1.22 bits per heavy atom. The van der Waals surface area contributed by atoms with E-state index < -0.39 is 0 Å². The number of ether oxygens (including phenoxy) is 2. The van der Waals surface area contributed by atoms with Crippen LogP contribution in [-0.4, -0.2) is 64.4 Å². The van der Waals surface area contributed by atoms with Crippen molar-refractivity contribution in [2.45, 2.75) is 13.0 Å². The number of fused-ring (bicyclic) bond motifs is 1. The van der Waals surface area contributed by atoms with E-state index in [0.29, 0.717) is 5.78 Å². The summed E-state index contributed by atoms with van der Waals surface area (Å²) in [5.41, 5.74) is 2.15. The van der Waals surface area contributed by atoms with Crippen LogP contribution in [0.2, 0.25) is 0 Å². The summed E-state index contributed by atoms with van der Waals surface area (Å²) in [4.78, 5) is 11.0. The molecule has 0 radical (unpaired) electrons. The van der Waals surface area contributed by atoms with Crippen LogP contribution >= 0.6 is 0 Å². The van der Waals surface area contributed by atoms with Crippen LogP contribution in [0.1, 0.15) is 17.3 Å². The molecule has 0 amide bonds. The fraction of sp³-hybridized carbons (Fsp3) is 0.421. The summed E-state index contributed by atoms with van der Waals surface area (Å²) in [6.45, 7) is 6.04. The normalized spacial score (nSPS) is 16.4. The first-order valence-electron chi connectivity index (χ1n) is 9.11. The number of aromatic nitrogens is 4. The number of aryl methyl sites for hydroxylation is 1. The van der Waals surface area contributed by atoms with Gasteiger partial charge in [-0.15, -0.1) is 0 Å². The van der Waals surface area contributed by atoms with Crippen LogP contribution in [0.5, 0.6) is 5.75 Å². The molecule has 1 saturated heterocycles. The number of nitrogens with zero attached hydrogens (tertiary/aromatic N) is 5. The van der Waals surface area contributed by atoms with Gasteiger partial charge in [0.25, 0.3) is 5.78 Å². The van der Waals surface area contributed by atoms with Gasteiger partial charge in [0, 0.05) is 31.4 Å². The zero-order valence-corrected chi connectivity index (χ0v) is 15.6. The Balaban J connectivity index is 1.59. The maximum absolute atomic E-state index is 5.54. The van der Waals surface area contributed by atoms with Crippen molar-refractivity contribution >= 4 is 11.6 Å². The minimum Gasteiger partial charge on any atom is -0.497 e. The van der Waals surface area contributed by atoms with Crippen molar-refractivity contribution in [3.05, 3.63) is 47.9 Å². The van der Waals surface area contributed by atoms with Crippen LogP contribution in [0.25, 0.3) is 5.78 Å². The van der Waals surface area contributed by atoms with Crippen LogP contribution in [-0.2, 0) is 4.74 Å². The highest BCUT2D eigenvalue weighted by Crippen LogP contribution is 2.25. The lowest BCUT2D eigenvalue weighted by molar-refractivity contribution is 0.0187. The van der Waals surface area contributed by atoms with Crippen molar-refractivity contribution in [3.63, 3.8) is 0 Å². The molecular formula is C19H24N6O2. The van der Waals surface area contributed by atoms with Crippen molar-refractivity contribution in [2.75, 3.05) is 45.3 Å². The van der Waals surface area contributed by atoms with E-state index in [4.69, 9.17) is 9.47 Å². The lowest BCUT2D eigenvalue weighted by atomic mass is 10.0.